The normalized spacial score (nSPS) is 11.0. The predicted molar refractivity (Wildman–Crippen MR) is 107 cm³/mol. The molecule has 0 aliphatic heterocycles. The van der Waals surface area contributed by atoms with Crippen molar-refractivity contribution in [3.8, 4) is 11.5 Å². The standard InChI is InChI=1S/C17H26Cl2N4O3/c1-22(2)12-17(24)21-20-11-13-9-16(26-4)14(10-15(13)25-3)23(7-5-18)8-6-19/h9-11H,5-8,12H2,1-4H3,(H,21,24). The Morgan fingerprint density at radius 1 is 1.15 bits per heavy atom. The summed E-state index contributed by atoms with van der Waals surface area (Å²) >= 11 is 11.8. The SMILES string of the molecule is COc1cc(N(CCCl)CCCl)c(OC)cc1C=NNC(=O)CN(C)C. The Morgan fingerprint density at radius 3 is 2.27 bits per heavy atom. The number of methoxy groups -OCH3 is 2. The fraction of sp³-hybridized carbons (Fsp3) is 0.529. The van der Waals surface area contributed by atoms with Crippen molar-refractivity contribution in [2.75, 3.05) is 64.6 Å². The number of hydrogen-bond acceptors (Lipinski definition) is 6. The summed E-state index contributed by atoms with van der Waals surface area (Å²) < 4.78 is 11.0. The topological polar surface area (TPSA) is 66.4 Å². The van der Waals surface area contributed by atoms with E-state index in [-0.39, 0.29) is 12.5 Å². The molecule has 0 unspecified atom stereocenters. The van der Waals surface area contributed by atoms with Crippen LogP contribution in [0, 0.1) is 0 Å². The number of carbonyl (C=O) groups excluding carboxylic acids is 1. The summed E-state index contributed by atoms with van der Waals surface area (Å²) in [6, 6.07) is 3.64. The van der Waals surface area contributed by atoms with Crippen LogP contribution < -0.4 is 19.8 Å². The second-order valence-corrected chi connectivity index (χ2v) is 6.42. The second kappa shape index (κ2) is 11.8. The lowest BCUT2D eigenvalue weighted by atomic mass is 10.1. The van der Waals surface area contributed by atoms with Gasteiger partial charge in [-0.15, -0.1) is 23.2 Å². The fourth-order valence-electron chi connectivity index (χ4n) is 2.31. The van der Waals surface area contributed by atoms with E-state index in [1.165, 1.54) is 6.21 Å². The zero-order valence-electron chi connectivity index (χ0n) is 15.6. The van der Waals surface area contributed by atoms with Gasteiger partial charge in [0.05, 0.1) is 32.7 Å². The number of hydrogen-bond donors (Lipinski definition) is 1. The number of benzene rings is 1. The van der Waals surface area contributed by atoms with Crippen molar-refractivity contribution >= 4 is 41.0 Å². The summed E-state index contributed by atoms with van der Waals surface area (Å²) in [7, 11) is 6.78. The molecule has 0 saturated carbocycles. The molecule has 0 atom stereocenters. The van der Waals surface area contributed by atoms with Crippen molar-refractivity contribution in [2.45, 2.75) is 0 Å². The van der Waals surface area contributed by atoms with Gasteiger partial charge in [-0.1, -0.05) is 0 Å². The quantitative estimate of drug-likeness (QED) is 0.347. The number of rotatable bonds is 11. The van der Waals surface area contributed by atoms with Gasteiger partial charge in [-0.3, -0.25) is 4.79 Å². The Hall–Kier alpha value is -1.70. The molecule has 0 aliphatic carbocycles. The Balaban J connectivity index is 3.09. The van der Waals surface area contributed by atoms with Crippen LogP contribution in [0.15, 0.2) is 17.2 Å². The van der Waals surface area contributed by atoms with E-state index >= 15 is 0 Å². The lowest BCUT2D eigenvalue weighted by molar-refractivity contribution is -0.121. The molecule has 0 saturated heterocycles. The molecule has 1 aromatic rings. The number of amides is 1. The number of anilines is 1. The molecule has 1 amide bonds. The Kier molecular flexibility index (Phi) is 10.2. The molecule has 1 rings (SSSR count). The Morgan fingerprint density at radius 2 is 1.77 bits per heavy atom. The monoisotopic (exact) mass is 404 g/mol. The van der Waals surface area contributed by atoms with Gasteiger partial charge in [0.25, 0.3) is 5.91 Å². The third-order valence-corrected chi connectivity index (χ3v) is 3.77. The van der Waals surface area contributed by atoms with Crippen LogP contribution in [0.1, 0.15) is 5.56 Å². The highest BCUT2D eigenvalue weighted by atomic mass is 35.5. The molecule has 0 bridgehead atoms. The molecule has 0 aromatic heterocycles. The van der Waals surface area contributed by atoms with E-state index in [1.54, 1.807) is 25.2 Å². The number of carbonyl (C=O) groups is 1. The molecular formula is C17H26Cl2N4O3. The minimum atomic E-state index is -0.204. The minimum Gasteiger partial charge on any atom is -0.496 e. The number of ether oxygens (including phenoxy) is 2. The van der Waals surface area contributed by atoms with E-state index < -0.39 is 0 Å². The summed E-state index contributed by atoms with van der Waals surface area (Å²) in [4.78, 5) is 15.4. The molecule has 1 aromatic carbocycles. The van der Waals surface area contributed by atoms with Crippen molar-refractivity contribution in [1.82, 2.24) is 10.3 Å². The van der Waals surface area contributed by atoms with E-state index in [1.807, 2.05) is 25.1 Å². The van der Waals surface area contributed by atoms with Crippen molar-refractivity contribution in [3.63, 3.8) is 0 Å². The average Bonchev–Trinajstić information content (AvgIpc) is 2.60. The Bertz CT molecular complexity index is 606. The number of nitrogens with one attached hydrogen (secondary N) is 1. The molecule has 26 heavy (non-hydrogen) atoms. The lowest BCUT2D eigenvalue weighted by Crippen LogP contribution is -2.30. The molecule has 0 spiro atoms. The minimum absolute atomic E-state index is 0.204. The molecule has 0 fully saturated rings. The van der Waals surface area contributed by atoms with Crippen LogP contribution in [0.5, 0.6) is 11.5 Å². The molecule has 9 heteroatoms. The maximum Gasteiger partial charge on any atom is 0.254 e. The summed E-state index contributed by atoms with van der Waals surface area (Å²) in [5.74, 6) is 1.96. The lowest BCUT2D eigenvalue weighted by Gasteiger charge is -2.26. The fourth-order valence-corrected chi connectivity index (χ4v) is 2.71. The van der Waals surface area contributed by atoms with Gasteiger partial charge in [0, 0.05) is 36.5 Å². The third kappa shape index (κ3) is 6.90. The molecule has 7 nitrogen and oxygen atoms in total. The van der Waals surface area contributed by atoms with Crippen molar-refractivity contribution in [2.24, 2.45) is 5.10 Å². The molecule has 1 N–H and O–H groups in total. The predicted octanol–water partition coefficient (Wildman–Crippen LogP) is 2.00. The third-order valence-electron chi connectivity index (χ3n) is 3.43. The summed E-state index contributed by atoms with van der Waals surface area (Å²) in [6.07, 6.45) is 1.52. The van der Waals surface area contributed by atoms with Crippen LogP contribution in [-0.2, 0) is 4.79 Å². The van der Waals surface area contributed by atoms with Gasteiger partial charge in [-0.25, -0.2) is 5.43 Å². The van der Waals surface area contributed by atoms with Crippen LogP contribution in [0.3, 0.4) is 0 Å². The highest BCUT2D eigenvalue weighted by Gasteiger charge is 2.16. The van der Waals surface area contributed by atoms with Crippen molar-refractivity contribution < 1.29 is 14.3 Å². The first-order chi connectivity index (χ1) is 12.5. The van der Waals surface area contributed by atoms with Crippen molar-refractivity contribution in [3.05, 3.63) is 17.7 Å². The molecule has 0 heterocycles. The first-order valence-corrected chi connectivity index (χ1v) is 9.13. The van der Waals surface area contributed by atoms with Crippen LogP contribution in [-0.4, -0.2) is 76.7 Å². The van der Waals surface area contributed by atoms with Gasteiger partial charge in [-0.2, -0.15) is 5.10 Å². The summed E-state index contributed by atoms with van der Waals surface area (Å²) in [6.45, 7) is 1.51. The average molecular weight is 405 g/mol. The van der Waals surface area contributed by atoms with E-state index in [9.17, 15) is 4.79 Å². The van der Waals surface area contributed by atoms with E-state index in [0.29, 0.717) is 41.9 Å². The summed E-state index contributed by atoms with van der Waals surface area (Å²) in [5.41, 5.74) is 3.99. The van der Waals surface area contributed by atoms with Gasteiger partial charge in [0.1, 0.15) is 11.5 Å². The zero-order chi connectivity index (χ0) is 19.5. The Labute approximate surface area is 164 Å². The molecule has 146 valence electrons. The van der Waals surface area contributed by atoms with Gasteiger partial charge in [-0.05, 0) is 20.2 Å². The van der Waals surface area contributed by atoms with Crippen LogP contribution in [0.4, 0.5) is 5.69 Å². The maximum absolute atomic E-state index is 11.7. The number of nitrogens with zero attached hydrogens (tertiary/aromatic N) is 3. The van der Waals surface area contributed by atoms with Crippen molar-refractivity contribution in [1.29, 1.82) is 0 Å². The van der Waals surface area contributed by atoms with Gasteiger partial charge < -0.3 is 19.3 Å². The summed E-state index contributed by atoms with van der Waals surface area (Å²) in [5, 5.41) is 3.98. The maximum atomic E-state index is 11.7. The largest absolute Gasteiger partial charge is 0.496 e. The van der Waals surface area contributed by atoms with Crippen LogP contribution in [0.2, 0.25) is 0 Å². The van der Waals surface area contributed by atoms with Gasteiger partial charge in [0.2, 0.25) is 0 Å². The highest BCUT2D eigenvalue weighted by molar-refractivity contribution is 6.18. The van der Waals surface area contributed by atoms with E-state index in [2.05, 4.69) is 10.5 Å². The number of likely N-dealkylation sites (N-methyl/N-ethyl adjacent to an activating group) is 1. The first-order valence-electron chi connectivity index (χ1n) is 8.06. The second-order valence-electron chi connectivity index (χ2n) is 5.66. The molecule has 0 radical (unpaired) electrons. The van der Waals surface area contributed by atoms with E-state index in [0.717, 1.165) is 5.69 Å². The van der Waals surface area contributed by atoms with Gasteiger partial charge in [0.15, 0.2) is 0 Å². The van der Waals surface area contributed by atoms with E-state index in [4.69, 9.17) is 32.7 Å². The number of alkyl halides is 2. The van der Waals surface area contributed by atoms with Crippen LogP contribution in [0.25, 0.3) is 0 Å². The molecule has 0 aliphatic rings. The number of halogens is 2. The smallest absolute Gasteiger partial charge is 0.254 e. The van der Waals surface area contributed by atoms with Gasteiger partial charge >= 0.3 is 0 Å². The van der Waals surface area contributed by atoms with Crippen LogP contribution >= 0.6 is 23.2 Å². The highest BCUT2D eigenvalue weighted by Crippen LogP contribution is 2.35. The molecular weight excluding hydrogens is 379 g/mol. The first kappa shape index (κ1) is 22.3. The number of hydrazone groups is 1. The zero-order valence-corrected chi connectivity index (χ0v) is 17.1.